The van der Waals surface area contributed by atoms with E-state index in [9.17, 15) is 14.0 Å². The number of carbonyl (C=O) groups excluding carboxylic acids is 1. The molecule has 0 atom stereocenters. The second-order valence-corrected chi connectivity index (χ2v) is 5.34. The lowest BCUT2D eigenvalue weighted by Gasteiger charge is -2.08. The van der Waals surface area contributed by atoms with Gasteiger partial charge in [-0.15, -0.1) is 0 Å². The van der Waals surface area contributed by atoms with E-state index in [1.54, 1.807) is 18.2 Å². The van der Waals surface area contributed by atoms with Crippen LogP contribution in [0.25, 0.3) is 11.3 Å². The molecule has 0 aliphatic carbocycles. The molecule has 1 heterocycles. The summed E-state index contributed by atoms with van der Waals surface area (Å²) in [7, 11) is 0. The molecule has 3 aromatic rings. The Morgan fingerprint density at radius 3 is 2.48 bits per heavy atom. The minimum absolute atomic E-state index is 0.113. The second-order valence-electron chi connectivity index (χ2n) is 5.34. The molecule has 5 nitrogen and oxygen atoms in total. The SMILES string of the molecule is O=C(Cn1nc(-c2ccccc2F)ccc1=O)OCc1ccccc1. The van der Waals surface area contributed by atoms with Crippen LogP contribution < -0.4 is 5.56 Å². The first-order chi connectivity index (χ1) is 12.1. The predicted molar refractivity (Wildman–Crippen MR) is 90.1 cm³/mol. The van der Waals surface area contributed by atoms with Gasteiger partial charge in [0.15, 0.2) is 0 Å². The van der Waals surface area contributed by atoms with Crippen molar-refractivity contribution < 1.29 is 13.9 Å². The predicted octanol–water partition coefficient (Wildman–Crippen LogP) is 2.79. The maximum atomic E-state index is 13.9. The van der Waals surface area contributed by atoms with Gasteiger partial charge >= 0.3 is 5.97 Å². The van der Waals surface area contributed by atoms with Crippen LogP contribution >= 0.6 is 0 Å². The van der Waals surface area contributed by atoms with Crippen molar-refractivity contribution in [3.05, 3.63) is 88.5 Å². The number of aromatic nitrogens is 2. The van der Waals surface area contributed by atoms with Crippen molar-refractivity contribution in [3.8, 4) is 11.3 Å². The summed E-state index contributed by atoms with van der Waals surface area (Å²) in [4.78, 5) is 23.9. The molecular weight excluding hydrogens is 323 g/mol. The molecule has 0 aliphatic heterocycles. The highest BCUT2D eigenvalue weighted by Crippen LogP contribution is 2.18. The molecule has 0 fully saturated rings. The minimum atomic E-state index is -0.593. The first-order valence-corrected chi connectivity index (χ1v) is 7.66. The molecule has 0 spiro atoms. The van der Waals surface area contributed by atoms with E-state index in [0.29, 0.717) is 0 Å². The molecule has 2 aromatic carbocycles. The Morgan fingerprint density at radius 2 is 1.72 bits per heavy atom. The van der Waals surface area contributed by atoms with Crippen LogP contribution in [0, 0.1) is 5.82 Å². The lowest BCUT2D eigenvalue weighted by molar-refractivity contribution is -0.146. The van der Waals surface area contributed by atoms with Gasteiger partial charge in [-0.05, 0) is 23.8 Å². The number of halogens is 1. The Kier molecular flexibility index (Phi) is 4.99. The lowest BCUT2D eigenvalue weighted by Crippen LogP contribution is -2.27. The Hall–Kier alpha value is -3.28. The summed E-state index contributed by atoms with van der Waals surface area (Å²) < 4.78 is 20.0. The number of esters is 1. The molecule has 0 radical (unpaired) electrons. The summed E-state index contributed by atoms with van der Waals surface area (Å²) in [6.45, 7) is -0.227. The van der Waals surface area contributed by atoms with Crippen molar-refractivity contribution in [3.63, 3.8) is 0 Å². The fraction of sp³-hybridized carbons (Fsp3) is 0.105. The van der Waals surface area contributed by atoms with Gasteiger partial charge in [0.1, 0.15) is 19.0 Å². The van der Waals surface area contributed by atoms with E-state index in [-0.39, 0.29) is 24.4 Å². The van der Waals surface area contributed by atoms with Gasteiger partial charge in [0.25, 0.3) is 5.56 Å². The molecule has 0 aliphatic rings. The van der Waals surface area contributed by atoms with E-state index in [0.717, 1.165) is 10.2 Å². The summed E-state index contributed by atoms with van der Waals surface area (Å²) in [6.07, 6.45) is 0. The van der Waals surface area contributed by atoms with E-state index >= 15 is 0 Å². The Balaban J connectivity index is 1.74. The molecule has 3 rings (SSSR count). The quantitative estimate of drug-likeness (QED) is 0.671. The zero-order chi connectivity index (χ0) is 17.6. The highest BCUT2D eigenvalue weighted by atomic mass is 19.1. The van der Waals surface area contributed by atoms with Gasteiger partial charge in [0.2, 0.25) is 0 Å². The van der Waals surface area contributed by atoms with Crippen LogP contribution in [-0.4, -0.2) is 15.7 Å². The van der Waals surface area contributed by atoms with Gasteiger partial charge in [-0.25, -0.2) is 9.07 Å². The topological polar surface area (TPSA) is 61.2 Å². The minimum Gasteiger partial charge on any atom is -0.459 e. The smallest absolute Gasteiger partial charge is 0.328 e. The Morgan fingerprint density at radius 1 is 1.00 bits per heavy atom. The van der Waals surface area contributed by atoms with Gasteiger partial charge in [-0.1, -0.05) is 42.5 Å². The van der Waals surface area contributed by atoms with Crippen molar-refractivity contribution in [2.45, 2.75) is 13.2 Å². The van der Waals surface area contributed by atoms with Crippen LogP contribution in [-0.2, 0) is 22.7 Å². The number of carbonyl (C=O) groups is 1. The standard InChI is InChI=1S/C19H15FN2O3/c20-16-9-5-4-8-15(16)17-10-11-18(23)22(21-17)12-19(24)25-13-14-6-2-1-3-7-14/h1-11H,12-13H2. The van der Waals surface area contributed by atoms with Crippen LogP contribution in [0.5, 0.6) is 0 Å². The van der Waals surface area contributed by atoms with Gasteiger partial charge in [0.05, 0.1) is 5.69 Å². The third-order valence-electron chi connectivity index (χ3n) is 3.54. The third kappa shape index (κ3) is 4.17. The van der Waals surface area contributed by atoms with Crippen LogP contribution in [0.1, 0.15) is 5.56 Å². The second kappa shape index (κ2) is 7.53. The Labute approximate surface area is 143 Å². The van der Waals surface area contributed by atoms with Gasteiger partial charge in [-0.2, -0.15) is 5.10 Å². The van der Waals surface area contributed by atoms with E-state index in [1.165, 1.54) is 18.2 Å². The molecule has 25 heavy (non-hydrogen) atoms. The van der Waals surface area contributed by atoms with E-state index in [1.807, 2.05) is 30.3 Å². The highest BCUT2D eigenvalue weighted by molar-refractivity contribution is 5.69. The lowest BCUT2D eigenvalue weighted by atomic mass is 10.1. The van der Waals surface area contributed by atoms with Gasteiger partial charge in [0, 0.05) is 11.6 Å². The van der Waals surface area contributed by atoms with Gasteiger partial charge in [-0.3, -0.25) is 9.59 Å². The monoisotopic (exact) mass is 338 g/mol. The summed E-state index contributed by atoms with van der Waals surface area (Å²) >= 11 is 0. The molecule has 126 valence electrons. The fourth-order valence-electron chi connectivity index (χ4n) is 2.28. The zero-order valence-corrected chi connectivity index (χ0v) is 13.3. The number of nitrogens with zero attached hydrogens (tertiary/aromatic N) is 2. The maximum Gasteiger partial charge on any atom is 0.328 e. The van der Waals surface area contributed by atoms with E-state index in [2.05, 4.69) is 5.10 Å². The van der Waals surface area contributed by atoms with Crippen LogP contribution in [0.4, 0.5) is 4.39 Å². The summed E-state index contributed by atoms with van der Waals surface area (Å²) in [6, 6.07) is 18.0. The summed E-state index contributed by atoms with van der Waals surface area (Å²) in [5.41, 5.74) is 0.912. The first-order valence-electron chi connectivity index (χ1n) is 7.66. The molecule has 0 saturated heterocycles. The fourth-order valence-corrected chi connectivity index (χ4v) is 2.28. The van der Waals surface area contributed by atoms with Crippen LogP contribution in [0.15, 0.2) is 71.5 Å². The van der Waals surface area contributed by atoms with Crippen LogP contribution in [0.2, 0.25) is 0 Å². The zero-order valence-electron chi connectivity index (χ0n) is 13.3. The molecule has 0 amide bonds. The number of hydrogen-bond donors (Lipinski definition) is 0. The number of benzene rings is 2. The number of hydrogen-bond acceptors (Lipinski definition) is 4. The van der Waals surface area contributed by atoms with E-state index < -0.39 is 17.3 Å². The van der Waals surface area contributed by atoms with Crippen LogP contribution in [0.3, 0.4) is 0 Å². The first kappa shape index (κ1) is 16.6. The van der Waals surface area contributed by atoms with Crippen molar-refractivity contribution in [1.82, 2.24) is 9.78 Å². The summed E-state index contributed by atoms with van der Waals surface area (Å²) in [5, 5.41) is 4.06. The van der Waals surface area contributed by atoms with Crippen molar-refractivity contribution in [1.29, 1.82) is 0 Å². The van der Waals surface area contributed by atoms with Crippen molar-refractivity contribution in [2.24, 2.45) is 0 Å². The highest BCUT2D eigenvalue weighted by Gasteiger charge is 2.11. The number of ether oxygens (including phenoxy) is 1. The molecule has 0 N–H and O–H groups in total. The molecule has 1 aromatic heterocycles. The largest absolute Gasteiger partial charge is 0.459 e. The average molecular weight is 338 g/mol. The Bertz CT molecular complexity index is 939. The summed E-state index contributed by atoms with van der Waals surface area (Å²) in [5.74, 6) is -1.05. The van der Waals surface area contributed by atoms with Crippen molar-refractivity contribution in [2.75, 3.05) is 0 Å². The average Bonchev–Trinajstić information content (AvgIpc) is 2.63. The molecule has 0 bridgehead atoms. The number of rotatable bonds is 5. The van der Waals surface area contributed by atoms with Crippen molar-refractivity contribution >= 4 is 5.97 Å². The normalized spacial score (nSPS) is 10.4. The molecule has 0 saturated carbocycles. The van der Waals surface area contributed by atoms with Gasteiger partial charge < -0.3 is 4.74 Å². The molecular formula is C19H15FN2O3. The molecule has 0 unspecified atom stereocenters. The third-order valence-corrected chi connectivity index (χ3v) is 3.54. The maximum absolute atomic E-state index is 13.9. The molecule has 6 heteroatoms. The van der Waals surface area contributed by atoms with E-state index in [4.69, 9.17) is 4.74 Å².